The standard InChI is InChI=1S/C15H21NO4/c1-4-14-13(10-15(19-5-2)20-16(14)17)11-6-8-12(18-3)9-7-11/h6-9,13,15H,4-5,10H2,1-3H3/t13-,15-/m0/s1. The fraction of sp³-hybridized carbons (Fsp3) is 0.533. The average molecular weight is 279 g/mol. The number of hydrogen-bond acceptors (Lipinski definition) is 4. The van der Waals surface area contributed by atoms with Gasteiger partial charge in [0, 0.05) is 24.4 Å². The van der Waals surface area contributed by atoms with Crippen molar-refractivity contribution < 1.29 is 19.2 Å². The summed E-state index contributed by atoms with van der Waals surface area (Å²) in [5, 5.41) is 12.0. The Morgan fingerprint density at radius 1 is 1.30 bits per heavy atom. The molecule has 0 saturated carbocycles. The van der Waals surface area contributed by atoms with Crippen molar-refractivity contribution in [3.8, 4) is 5.75 Å². The predicted molar refractivity (Wildman–Crippen MR) is 75.8 cm³/mol. The van der Waals surface area contributed by atoms with Crippen LogP contribution >= 0.6 is 0 Å². The molecular formula is C15H21NO4. The Morgan fingerprint density at radius 3 is 2.55 bits per heavy atom. The minimum atomic E-state index is -0.486. The summed E-state index contributed by atoms with van der Waals surface area (Å²) in [5.74, 6) is 0.827. The van der Waals surface area contributed by atoms with Crippen molar-refractivity contribution in [1.82, 2.24) is 0 Å². The third-order valence-electron chi connectivity index (χ3n) is 3.51. The van der Waals surface area contributed by atoms with Gasteiger partial charge < -0.3 is 14.3 Å². The van der Waals surface area contributed by atoms with Gasteiger partial charge in [0.25, 0.3) is 0 Å². The Bertz CT molecular complexity index is 469. The summed E-state index contributed by atoms with van der Waals surface area (Å²) in [5.41, 5.74) is 1.81. The van der Waals surface area contributed by atoms with E-state index >= 15 is 0 Å². The van der Waals surface area contributed by atoms with E-state index in [0.717, 1.165) is 17.0 Å². The number of hydrogen-bond donors (Lipinski definition) is 0. The molecule has 1 aliphatic rings. The first kappa shape index (κ1) is 14.7. The van der Waals surface area contributed by atoms with Crippen LogP contribution in [0.4, 0.5) is 0 Å². The second kappa shape index (κ2) is 6.61. The van der Waals surface area contributed by atoms with Gasteiger partial charge in [-0.25, -0.2) is 0 Å². The van der Waals surface area contributed by atoms with Crippen LogP contribution in [0, 0.1) is 5.21 Å². The number of rotatable bonds is 5. The molecule has 0 bridgehead atoms. The van der Waals surface area contributed by atoms with Gasteiger partial charge >= 0.3 is 0 Å². The summed E-state index contributed by atoms with van der Waals surface area (Å²) in [7, 11) is 1.64. The molecule has 0 spiro atoms. The zero-order chi connectivity index (χ0) is 14.5. The quantitative estimate of drug-likeness (QED) is 0.778. The van der Waals surface area contributed by atoms with Crippen LogP contribution < -0.4 is 4.74 Å². The first-order valence-electron chi connectivity index (χ1n) is 6.94. The lowest BCUT2D eigenvalue weighted by molar-refractivity contribution is -0.772. The van der Waals surface area contributed by atoms with Crippen LogP contribution in [0.5, 0.6) is 5.75 Å². The van der Waals surface area contributed by atoms with Gasteiger partial charge in [-0.2, -0.15) is 0 Å². The van der Waals surface area contributed by atoms with E-state index < -0.39 is 6.29 Å². The predicted octanol–water partition coefficient (Wildman–Crippen LogP) is 2.84. The molecule has 1 aliphatic heterocycles. The summed E-state index contributed by atoms with van der Waals surface area (Å²) in [6.45, 7) is 4.37. The molecule has 0 aromatic heterocycles. The largest absolute Gasteiger partial charge is 0.497 e. The number of ether oxygens (including phenoxy) is 2. The van der Waals surface area contributed by atoms with Gasteiger partial charge in [0.05, 0.1) is 13.0 Å². The molecule has 5 heteroatoms. The van der Waals surface area contributed by atoms with Crippen molar-refractivity contribution in [3.63, 3.8) is 0 Å². The molecule has 0 amide bonds. The van der Waals surface area contributed by atoms with Gasteiger partial charge in [0.15, 0.2) is 6.29 Å². The molecule has 1 aromatic carbocycles. The second-order valence-corrected chi connectivity index (χ2v) is 4.65. The van der Waals surface area contributed by atoms with Crippen LogP contribution in [0.1, 0.15) is 38.2 Å². The minimum Gasteiger partial charge on any atom is -0.497 e. The lowest BCUT2D eigenvalue weighted by Crippen LogP contribution is -2.37. The van der Waals surface area contributed by atoms with E-state index in [1.54, 1.807) is 7.11 Å². The maximum Gasteiger partial charge on any atom is 0.229 e. The Morgan fingerprint density at radius 2 is 2.00 bits per heavy atom. The van der Waals surface area contributed by atoms with Gasteiger partial charge in [-0.1, -0.05) is 19.1 Å². The molecule has 1 heterocycles. The molecule has 0 N–H and O–H groups in total. The smallest absolute Gasteiger partial charge is 0.229 e. The van der Waals surface area contributed by atoms with Gasteiger partial charge in [-0.05, 0) is 24.6 Å². The van der Waals surface area contributed by atoms with Gasteiger partial charge in [-0.15, -0.1) is 0 Å². The van der Waals surface area contributed by atoms with Crippen molar-refractivity contribution in [2.45, 2.75) is 38.9 Å². The summed E-state index contributed by atoms with van der Waals surface area (Å²) in [6, 6.07) is 7.79. The maximum atomic E-state index is 12.0. The van der Waals surface area contributed by atoms with Crippen molar-refractivity contribution >= 4 is 5.71 Å². The Hall–Kier alpha value is -1.75. The highest BCUT2D eigenvalue weighted by Crippen LogP contribution is 2.30. The lowest BCUT2D eigenvalue weighted by Gasteiger charge is -2.30. The Balaban J connectivity index is 2.27. The van der Waals surface area contributed by atoms with Crippen molar-refractivity contribution in [2.24, 2.45) is 0 Å². The highest BCUT2D eigenvalue weighted by molar-refractivity contribution is 5.86. The van der Waals surface area contributed by atoms with Crippen LogP contribution in [0.3, 0.4) is 0 Å². The molecule has 20 heavy (non-hydrogen) atoms. The van der Waals surface area contributed by atoms with Crippen LogP contribution in [-0.4, -0.2) is 30.6 Å². The molecular weight excluding hydrogens is 258 g/mol. The molecule has 1 aromatic rings. The molecule has 0 aliphatic carbocycles. The fourth-order valence-electron chi connectivity index (χ4n) is 2.50. The highest BCUT2D eigenvalue weighted by Gasteiger charge is 2.33. The van der Waals surface area contributed by atoms with Gasteiger partial charge in [-0.3, -0.25) is 5.21 Å². The van der Waals surface area contributed by atoms with E-state index in [-0.39, 0.29) is 5.92 Å². The molecule has 0 unspecified atom stereocenters. The minimum absolute atomic E-state index is 0.0220. The van der Waals surface area contributed by atoms with E-state index in [9.17, 15) is 5.21 Å². The maximum absolute atomic E-state index is 12.0. The average Bonchev–Trinajstić information content (AvgIpc) is 2.47. The third kappa shape index (κ3) is 3.04. The molecule has 5 nitrogen and oxygen atoms in total. The normalized spacial score (nSPS) is 22.6. The van der Waals surface area contributed by atoms with E-state index in [1.165, 1.54) is 0 Å². The Labute approximate surface area is 119 Å². The first-order chi connectivity index (χ1) is 9.69. The number of methoxy groups -OCH3 is 1. The molecule has 110 valence electrons. The fourth-order valence-corrected chi connectivity index (χ4v) is 2.50. The summed E-state index contributed by atoms with van der Waals surface area (Å²) < 4.78 is 10.6. The molecule has 0 saturated heterocycles. The van der Waals surface area contributed by atoms with Gasteiger partial charge in [0.2, 0.25) is 5.71 Å². The number of nitrogens with zero attached hydrogens (tertiary/aromatic N) is 1. The van der Waals surface area contributed by atoms with Crippen molar-refractivity contribution in [1.29, 1.82) is 0 Å². The van der Waals surface area contributed by atoms with Crippen LogP contribution in [0.15, 0.2) is 24.3 Å². The van der Waals surface area contributed by atoms with E-state index in [1.807, 2.05) is 38.1 Å². The van der Waals surface area contributed by atoms with Crippen molar-refractivity contribution in [2.75, 3.05) is 13.7 Å². The zero-order valence-electron chi connectivity index (χ0n) is 12.2. The van der Waals surface area contributed by atoms with Crippen LogP contribution in [0.25, 0.3) is 0 Å². The monoisotopic (exact) mass is 279 g/mol. The SMILES string of the molecule is CCO[C@@H]1C[C@@H](c2ccc(OC)cc2)C(CC)=[N+]([O-])O1. The highest BCUT2D eigenvalue weighted by atomic mass is 16.9. The Kier molecular flexibility index (Phi) is 4.84. The van der Waals surface area contributed by atoms with Crippen molar-refractivity contribution in [3.05, 3.63) is 35.0 Å². The first-order valence-corrected chi connectivity index (χ1v) is 6.94. The molecule has 2 rings (SSSR count). The number of benzene rings is 1. The summed E-state index contributed by atoms with van der Waals surface area (Å²) in [4.78, 5) is 5.84. The van der Waals surface area contributed by atoms with E-state index in [0.29, 0.717) is 24.4 Å². The van der Waals surface area contributed by atoms with E-state index in [4.69, 9.17) is 14.3 Å². The van der Waals surface area contributed by atoms with E-state index in [2.05, 4.69) is 0 Å². The second-order valence-electron chi connectivity index (χ2n) is 4.65. The summed E-state index contributed by atoms with van der Waals surface area (Å²) in [6.07, 6.45) is 0.820. The van der Waals surface area contributed by atoms with Crippen LogP contribution in [-0.2, 0) is 9.57 Å². The summed E-state index contributed by atoms with van der Waals surface area (Å²) >= 11 is 0. The molecule has 0 fully saturated rings. The third-order valence-corrected chi connectivity index (χ3v) is 3.51. The van der Waals surface area contributed by atoms with Crippen LogP contribution in [0.2, 0.25) is 0 Å². The molecule has 0 radical (unpaired) electrons. The van der Waals surface area contributed by atoms with Gasteiger partial charge in [0.1, 0.15) is 5.75 Å². The molecule has 2 atom stereocenters. The topological polar surface area (TPSA) is 53.8 Å². The lowest BCUT2D eigenvalue weighted by atomic mass is 9.88. The zero-order valence-corrected chi connectivity index (χ0v) is 12.2.